The molecular weight excluding hydrogens is 416 g/mol. The fourth-order valence-electron chi connectivity index (χ4n) is 2.72. The highest BCUT2D eigenvalue weighted by Crippen LogP contribution is 2.40. The van der Waals surface area contributed by atoms with Crippen molar-refractivity contribution in [1.82, 2.24) is 15.0 Å². The third-order valence-electron chi connectivity index (χ3n) is 4.56. The van der Waals surface area contributed by atoms with Gasteiger partial charge < -0.3 is 4.90 Å². The molecule has 0 saturated carbocycles. The third-order valence-corrected chi connectivity index (χ3v) is 6.58. The molecule has 3 heterocycles. The summed E-state index contributed by atoms with van der Waals surface area (Å²) in [5.41, 5.74) is -0.487. The van der Waals surface area contributed by atoms with Gasteiger partial charge in [0.05, 0.1) is 19.6 Å². The van der Waals surface area contributed by atoms with Gasteiger partial charge in [0.2, 0.25) is 0 Å². The summed E-state index contributed by atoms with van der Waals surface area (Å²) in [7, 11) is 6.18. The molecule has 152 valence electrons. The maximum Gasteiger partial charge on any atom is 0.416 e. The Bertz CT molecular complexity index is 956. The lowest BCUT2D eigenvalue weighted by atomic mass is 9.64. The molecule has 2 aromatic rings. The maximum atomic E-state index is 13.1. The first-order valence-electron chi connectivity index (χ1n) is 9.04. The van der Waals surface area contributed by atoms with Gasteiger partial charge in [-0.3, -0.25) is 0 Å². The summed E-state index contributed by atoms with van der Waals surface area (Å²) in [6.07, 6.45) is 3.24. The lowest BCUT2D eigenvalue weighted by Crippen LogP contribution is -2.35. The second-order valence-electron chi connectivity index (χ2n) is 7.11. The summed E-state index contributed by atoms with van der Waals surface area (Å²) < 4.78 is 39.3. The van der Waals surface area contributed by atoms with Gasteiger partial charge in [-0.1, -0.05) is 54.1 Å². The smallest absolute Gasteiger partial charge is 0.348 e. The van der Waals surface area contributed by atoms with Crippen molar-refractivity contribution in [2.45, 2.75) is 43.2 Å². The number of anilines is 1. The second kappa shape index (κ2) is 8.51. The zero-order valence-electron chi connectivity index (χ0n) is 16.2. The number of aromatic nitrogens is 3. The van der Waals surface area contributed by atoms with Crippen molar-refractivity contribution in [3.8, 4) is 0 Å². The molecule has 1 aliphatic heterocycles. The number of alkyl halides is 3. The zero-order valence-corrected chi connectivity index (χ0v) is 17.8. The number of rotatable bonds is 5. The van der Waals surface area contributed by atoms with E-state index in [1.807, 2.05) is 6.92 Å². The van der Waals surface area contributed by atoms with Gasteiger partial charge in [0.1, 0.15) is 5.03 Å². The number of piperidine rings is 1. The quantitative estimate of drug-likeness (QED) is 0.342. The van der Waals surface area contributed by atoms with Gasteiger partial charge >= 0.3 is 6.18 Å². The molecule has 0 amide bonds. The SMILES string of the molecule is [B]C1(C)CCN(c2nc3nc(S/C(=C/C=C\C)C(=C)C(F)(F)F)cnc3s2)CC1. The van der Waals surface area contributed by atoms with E-state index in [-0.39, 0.29) is 10.2 Å². The van der Waals surface area contributed by atoms with Crippen LogP contribution in [-0.4, -0.2) is 42.1 Å². The molecule has 2 aromatic heterocycles. The van der Waals surface area contributed by atoms with Gasteiger partial charge in [0.15, 0.2) is 15.6 Å². The molecule has 29 heavy (non-hydrogen) atoms. The summed E-state index contributed by atoms with van der Waals surface area (Å²) in [6.45, 7) is 8.56. The number of hydrogen-bond donors (Lipinski definition) is 0. The van der Waals surface area contributed by atoms with E-state index >= 15 is 0 Å². The van der Waals surface area contributed by atoms with Crippen LogP contribution in [0.15, 0.2) is 46.5 Å². The summed E-state index contributed by atoms with van der Waals surface area (Å²) in [4.78, 5) is 16.1. The number of hydrogen-bond acceptors (Lipinski definition) is 6. The summed E-state index contributed by atoms with van der Waals surface area (Å²) in [5, 5.41) is 0.982. The van der Waals surface area contributed by atoms with Crippen molar-refractivity contribution in [3.63, 3.8) is 0 Å². The molecule has 0 atom stereocenters. The molecule has 2 radical (unpaired) electrons. The first-order valence-corrected chi connectivity index (χ1v) is 10.7. The van der Waals surface area contributed by atoms with Crippen LogP contribution in [0.2, 0.25) is 5.31 Å². The van der Waals surface area contributed by atoms with Crippen LogP contribution in [0.4, 0.5) is 18.3 Å². The normalized spacial score (nSPS) is 18.0. The van der Waals surface area contributed by atoms with Gasteiger partial charge in [-0.2, -0.15) is 18.2 Å². The minimum atomic E-state index is -4.52. The molecule has 1 fully saturated rings. The van der Waals surface area contributed by atoms with Crippen LogP contribution >= 0.6 is 23.1 Å². The van der Waals surface area contributed by atoms with E-state index in [0.29, 0.717) is 15.5 Å². The summed E-state index contributed by atoms with van der Waals surface area (Å²) in [5.74, 6) is 0. The highest BCUT2D eigenvalue weighted by Gasteiger charge is 2.34. The van der Waals surface area contributed by atoms with E-state index in [1.165, 1.54) is 29.7 Å². The second-order valence-corrected chi connectivity index (χ2v) is 9.13. The summed E-state index contributed by atoms with van der Waals surface area (Å²) in [6, 6.07) is 0. The Morgan fingerprint density at radius 2 is 2.03 bits per heavy atom. The van der Waals surface area contributed by atoms with Crippen LogP contribution in [0.1, 0.15) is 26.7 Å². The molecule has 0 spiro atoms. The Hall–Kier alpha value is -1.81. The Morgan fingerprint density at radius 1 is 1.34 bits per heavy atom. The molecule has 3 rings (SSSR count). The molecule has 1 aliphatic rings. The first-order chi connectivity index (χ1) is 13.6. The monoisotopic (exact) mass is 436 g/mol. The van der Waals surface area contributed by atoms with Gasteiger partial charge in [-0.15, -0.1) is 0 Å². The zero-order chi connectivity index (χ0) is 21.2. The first kappa shape index (κ1) is 21.9. The predicted octanol–water partition coefficient (Wildman–Crippen LogP) is 5.70. The van der Waals surface area contributed by atoms with Crippen molar-refractivity contribution in [3.05, 3.63) is 41.5 Å². The Labute approximate surface area is 177 Å². The van der Waals surface area contributed by atoms with Crippen LogP contribution in [0.25, 0.3) is 10.5 Å². The average molecular weight is 436 g/mol. The van der Waals surface area contributed by atoms with Gasteiger partial charge in [0, 0.05) is 18.0 Å². The number of thioether (sulfide) groups is 1. The van der Waals surface area contributed by atoms with E-state index in [1.54, 1.807) is 13.0 Å². The topological polar surface area (TPSA) is 41.9 Å². The van der Waals surface area contributed by atoms with Crippen LogP contribution < -0.4 is 4.90 Å². The molecule has 0 bridgehead atoms. The number of halogens is 3. The Morgan fingerprint density at radius 3 is 2.66 bits per heavy atom. The van der Waals surface area contributed by atoms with Crippen molar-refractivity contribution in [2.24, 2.45) is 0 Å². The number of allylic oxidation sites excluding steroid dienone is 4. The van der Waals surface area contributed by atoms with Gasteiger partial charge in [-0.25, -0.2) is 9.97 Å². The van der Waals surface area contributed by atoms with Crippen LogP contribution in [0, 0.1) is 0 Å². The minimum absolute atomic E-state index is 0.0297. The Kier molecular flexibility index (Phi) is 6.43. The fraction of sp³-hybridized carbons (Fsp3) is 0.421. The van der Waals surface area contributed by atoms with E-state index in [2.05, 4.69) is 26.4 Å². The standard InChI is InChI=1S/C19H20BF3N4S2/c1-4-5-6-13(12(2)19(21,22)23)28-14-11-24-16-15(25-14)26-17(29-16)27-9-7-18(3,20)8-10-27/h4-6,11H,2,7-10H2,1,3H3/b5-4-,13-6+. The van der Waals surface area contributed by atoms with Crippen LogP contribution in [-0.2, 0) is 0 Å². The van der Waals surface area contributed by atoms with Crippen molar-refractivity contribution >= 4 is 46.6 Å². The molecular formula is C19H20BF3N4S2. The number of nitrogens with zero attached hydrogens (tertiary/aromatic N) is 4. The van der Waals surface area contributed by atoms with E-state index in [0.717, 1.165) is 42.8 Å². The average Bonchev–Trinajstić information content (AvgIpc) is 3.07. The van der Waals surface area contributed by atoms with E-state index < -0.39 is 11.7 Å². The van der Waals surface area contributed by atoms with Crippen molar-refractivity contribution in [2.75, 3.05) is 18.0 Å². The van der Waals surface area contributed by atoms with Crippen LogP contribution in [0.5, 0.6) is 0 Å². The molecule has 0 aromatic carbocycles. The molecule has 4 nitrogen and oxygen atoms in total. The summed E-state index contributed by atoms with van der Waals surface area (Å²) >= 11 is 2.30. The lowest BCUT2D eigenvalue weighted by molar-refractivity contribution is -0.0881. The van der Waals surface area contributed by atoms with E-state index in [9.17, 15) is 13.2 Å². The molecule has 0 aliphatic carbocycles. The molecule has 0 unspecified atom stereocenters. The number of fused-ring (bicyclic) bond motifs is 1. The Balaban J connectivity index is 1.83. The molecule has 10 heteroatoms. The highest BCUT2D eigenvalue weighted by molar-refractivity contribution is 8.03. The lowest BCUT2D eigenvalue weighted by Gasteiger charge is -2.37. The maximum absolute atomic E-state index is 13.1. The van der Waals surface area contributed by atoms with Gasteiger partial charge in [-0.05, 0) is 25.8 Å². The van der Waals surface area contributed by atoms with E-state index in [4.69, 9.17) is 7.85 Å². The molecule has 0 N–H and O–H groups in total. The predicted molar refractivity (Wildman–Crippen MR) is 115 cm³/mol. The third kappa shape index (κ3) is 5.42. The highest BCUT2D eigenvalue weighted by atomic mass is 32.2. The largest absolute Gasteiger partial charge is 0.416 e. The fourth-order valence-corrected chi connectivity index (χ4v) is 4.48. The molecule has 1 saturated heterocycles. The van der Waals surface area contributed by atoms with Crippen molar-refractivity contribution in [1.29, 1.82) is 0 Å². The van der Waals surface area contributed by atoms with Gasteiger partial charge in [0.25, 0.3) is 0 Å². The number of thiazole rings is 1. The van der Waals surface area contributed by atoms with Crippen molar-refractivity contribution < 1.29 is 13.2 Å². The minimum Gasteiger partial charge on any atom is -0.348 e. The van der Waals surface area contributed by atoms with Crippen LogP contribution in [0.3, 0.4) is 0 Å².